The second-order valence-electron chi connectivity index (χ2n) is 9.12. The van der Waals surface area contributed by atoms with Gasteiger partial charge >= 0.3 is 0 Å². The summed E-state index contributed by atoms with van der Waals surface area (Å²) in [6, 6.07) is 14.7. The van der Waals surface area contributed by atoms with E-state index in [4.69, 9.17) is 34.8 Å². The molecule has 7 nitrogen and oxygen atoms in total. The van der Waals surface area contributed by atoms with E-state index >= 15 is 0 Å². The fourth-order valence-corrected chi connectivity index (χ4v) is 5.60. The number of thioether (sulfide) groups is 1. The van der Waals surface area contributed by atoms with Gasteiger partial charge in [0.05, 0.1) is 5.75 Å². The van der Waals surface area contributed by atoms with Gasteiger partial charge in [0.2, 0.25) is 5.91 Å². The topological polar surface area (TPSA) is 78.4 Å². The maximum Gasteiger partial charge on any atom is 0.254 e. The van der Waals surface area contributed by atoms with Gasteiger partial charge in [0.1, 0.15) is 11.0 Å². The Morgan fingerprint density at radius 3 is 2.53 bits per heavy atom. The minimum atomic E-state index is -0.137. The zero-order chi connectivity index (χ0) is 27.2. The Morgan fingerprint density at radius 1 is 1.05 bits per heavy atom. The molecule has 11 heteroatoms. The van der Waals surface area contributed by atoms with E-state index in [0.29, 0.717) is 64.3 Å². The van der Waals surface area contributed by atoms with Gasteiger partial charge in [-0.2, -0.15) is 0 Å². The quantitative estimate of drug-likeness (QED) is 0.210. The fraction of sp³-hybridized carbons (Fsp3) is 0.333. The molecule has 4 rings (SSSR count). The van der Waals surface area contributed by atoms with Crippen molar-refractivity contribution in [1.82, 2.24) is 20.2 Å². The van der Waals surface area contributed by atoms with Gasteiger partial charge in [0.25, 0.3) is 5.91 Å². The number of piperazine rings is 1. The maximum absolute atomic E-state index is 13.0. The summed E-state index contributed by atoms with van der Waals surface area (Å²) in [5.74, 6) is 0.726. The van der Waals surface area contributed by atoms with Gasteiger partial charge in [0.15, 0.2) is 5.16 Å². The number of carbonyl (C=O) groups excluding carboxylic acids is 2. The van der Waals surface area contributed by atoms with Crippen molar-refractivity contribution in [3.05, 3.63) is 80.4 Å². The van der Waals surface area contributed by atoms with Crippen molar-refractivity contribution in [2.24, 2.45) is 0 Å². The van der Waals surface area contributed by atoms with Crippen molar-refractivity contribution in [2.75, 3.05) is 36.8 Å². The Kier molecular flexibility index (Phi) is 9.76. The van der Waals surface area contributed by atoms with E-state index in [1.165, 1.54) is 11.8 Å². The molecule has 3 aromatic rings. The number of rotatable bonds is 8. The average molecular weight is 593 g/mol. The van der Waals surface area contributed by atoms with Crippen LogP contribution in [0.2, 0.25) is 15.2 Å². The zero-order valence-corrected chi connectivity index (χ0v) is 24.2. The number of halogens is 3. The highest BCUT2D eigenvalue weighted by Gasteiger charge is 2.29. The van der Waals surface area contributed by atoms with E-state index in [-0.39, 0.29) is 23.6 Å². The molecular formula is C27H28Cl3N5O2S. The molecule has 2 heterocycles. The van der Waals surface area contributed by atoms with E-state index in [1.807, 2.05) is 49.1 Å². The number of nitrogens with one attached hydrogen (secondary N) is 1. The monoisotopic (exact) mass is 591 g/mol. The highest BCUT2D eigenvalue weighted by molar-refractivity contribution is 7.99. The number of nitrogens with zero attached hydrogens (tertiary/aromatic N) is 4. The number of hydrogen-bond acceptors (Lipinski definition) is 6. The molecule has 2 amide bonds. The zero-order valence-electron chi connectivity index (χ0n) is 21.1. The first-order valence-corrected chi connectivity index (χ1v) is 14.3. The molecule has 0 bridgehead atoms. The van der Waals surface area contributed by atoms with Crippen LogP contribution in [0.3, 0.4) is 0 Å². The predicted molar refractivity (Wildman–Crippen MR) is 155 cm³/mol. The Morgan fingerprint density at radius 2 is 1.82 bits per heavy atom. The lowest BCUT2D eigenvalue weighted by molar-refractivity contribution is -0.118. The smallest absolute Gasteiger partial charge is 0.254 e. The highest BCUT2D eigenvalue weighted by Crippen LogP contribution is 2.25. The summed E-state index contributed by atoms with van der Waals surface area (Å²) < 4.78 is 0. The van der Waals surface area contributed by atoms with Gasteiger partial charge in [-0.05, 0) is 50.1 Å². The molecule has 1 aromatic heterocycles. The molecule has 1 aliphatic rings. The molecule has 0 radical (unpaired) electrons. The van der Waals surface area contributed by atoms with Crippen LogP contribution in [0.4, 0.5) is 5.82 Å². The van der Waals surface area contributed by atoms with Gasteiger partial charge in [-0.25, -0.2) is 9.97 Å². The molecule has 200 valence electrons. The fourth-order valence-electron chi connectivity index (χ4n) is 4.18. The molecule has 38 heavy (non-hydrogen) atoms. The first-order chi connectivity index (χ1) is 18.2. The van der Waals surface area contributed by atoms with Crippen molar-refractivity contribution in [3.63, 3.8) is 0 Å². The normalized spacial score (nSPS) is 15.4. The van der Waals surface area contributed by atoms with Gasteiger partial charge < -0.3 is 15.1 Å². The second kappa shape index (κ2) is 13.0. The SMILES string of the molecule is Cc1ccc(C(=O)N2CCN(c3cc(Cl)nc(SCC(=O)NCCc4ccc(Cl)cc4Cl)n3)C[C@H]2C)cc1. The summed E-state index contributed by atoms with van der Waals surface area (Å²) in [6.07, 6.45) is 0.598. The number of amides is 2. The van der Waals surface area contributed by atoms with E-state index in [0.717, 1.165) is 11.1 Å². The number of anilines is 1. The summed E-state index contributed by atoms with van der Waals surface area (Å²) in [7, 11) is 0. The first-order valence-electron chi connectivity index (χ1n) is 12.2. The van der Waals surface area contributed by atoms with Crippen LogP contribution in [0.25, 0.3) is 0 Å². The maximum atomic E-state index is 13.0. The Bertz CT molecular complexity index is 1310. The van der Waals surface area contributed by atoms with E-state index in [1.54, 1.807) is 18.2 Å². The third-order valence-electron chi connectivity index (χ3n) is 6.24. The van der Waals surface area contributed by atoms with Crippen molar-refractivity contribution >= 4 is 64.2 Å². The standard InChI is InChI=1S/C27H28Cl3N5O2S/c1-17-3-5-20(6-4-17)26(37)35-12-11-34(15-18(35)2)24-14-23(30)32-27(33-24)38-16-25(36)31-10-9-19-7-8-21(28)13-22(19)29/h3-8,13-14,18H,9-12,15-16H2,1-2H3,(H,31,36)/t18-/m1/s1. The third kappa shape index (κ3) is 7.53. The minimum Gasteiger partial charge on any atom is -0.355 e. The second-order valence-corrected chi connectivity index (χ2v) is 11.3. The van der Waals surface area contributed by atoms with Crippen LogP contribution in [0.5, 0.6) is 0 Å². The van der Waals surface area contributed by atoms with Crippen LogP contribution in [0.1, 0.15) is 28.4 Å². The van der Waals surface area contributed by atoms with Crippen molar-refractivity contribution < 1.29 is 9.59 Å². The molecular weight excluding hydrogens is 565 g/mol. The number of hydrogen-bond donors (Lipinski definition) is 1. The molecule has 0 aliphatic carbocycles. The van der Waals surface area contributed by atoms with Crippen LogP contribution in [-0.2, 0) is 11.2 Å². The van der Waals surface area contributed by atoms with Crippen molar-refractivity contribution in [1.29, 1.82) is 0 Å². The summed E-state index contributed by atoms with van der Waals surface area (Å²) in [6.45, 7) is 6.28. The van der Waals surface area contributed by atoms with Gasteiger partial charge in [-0.15, -0.1) is 0 Å². The molecule has 1 atom stereocenters. The van der Waals surface area contributed by atoms with Crippen LogP contribution in [0, 0.1) is 6.92 Å². The summed E-state index contributed by atoms with van der Waals surface area (Å²) in [5, 5.41) is 4.77. The van der Waals surface area contributed by atoms with Crippen LogP contribution in [-0.4, -0.2) is 64.7 Å². The lowest BCUT2D eigenvalue weighted by Crippen LogP contribution is -2.54. The molecule has 0 unspecified atom stereocenters. The number of aryl methyl sites for hydroxylation is 1. The molecule has 1 aliphatic heterocycles. The van der Waals surface area contributed by atoms with Crippen molar-refractivity contribution in [3.8, 4) is 0 Å². The summed E-state index contributed by atoms with van der Waals surface area (Å²) >= 11 is 19.6. The van der Waals surface area contributed by atoms with E-state index in [9.17, 15) is 9.59 Å². The Balaban J connectivity index is 1.30. The van der Waals surface area contributed by atoms with E-state index < -0.39 is 0 Å². The molecule has 0 spiro atoms. The van der Waals surface area contributed by atoms with Gasteiger partial charge in [0, 0.05) is 53.9 Å². The molecule has 2 aromatic carbocycles. The van der Waals surface area contributed by atoms with Gasteiger partial charge in [-0.3, -0.25) is 9.59 Å². The van der Waals surface area contributed by atoms with Gasteiger partial charge in [-0.1, -0.05) is 70.3 Å². The predicted octanol–water partition coefficient (Wildman–Crippen LogP) is 5.55. The summed E-state index contributed by atoms with van der Waals surface area (Å²) in [4.78, 5) is 38.3. The molecule has 1 fully saturated rings. The van der Waals surface area contributed by atoms with E-state index in [2.05, 4.69) is 20.2 Å². The lowest BCUT2D eigenvalue weighted by Gasteiger charge is -2.40. The number of aromatic nitrogens is 2. The third-order valence-corrected chi connectivity index (χ3v) is 7.86. The molecule has 0 saturated carbocycles. The molecule has 1 N–H and O–H groups in total. The number of benzene rings is 2. The summed E-state index contributed by atoms with van der Waals surface area (Å²) in [5.41, 5.74) is 2.73. The van der Waals surface area contributed by atoms with Crippen LogP contribution < -0.4 is 10.2 Å². The largest absolute Gasteiger partial charge is 0.355 e. The minimum absolute atomic E-state index is 0.0117. The lowest BCUT2D eigenvalue weighted by atomic mass is 10.1. The Labute approximate surface area is 241 Å². The average Bonchev–Trinajstić information content (AvgIpc) is 2.88. The van der Waals surface area contributed by atoms with Crippen molar-refractivity contribution in [2.45, 2.75) is 31.5 Å². The van der Waals surface area contributed by atoms with Crippen LogP contribution in [0.15, 0.2) is 53.7 Å². The van der Waals surface area contributed by atoms with Crippen LogP contribution >= 0.6 is 46.6 Å². The highest BCUT2D eigenvalue weighted by atomic mass is 35.5. The Hall–Kier alpha value is -2.52. The number of carbonyl (C=O) groups is 2. The first kappa shape index (κ1) is 28.5. The molecule has 1 saturated heterocycles.